The third kappa shape index (κ3) is 6.75. The van der Waals surface area contributed by atoms with Gasteiger partial charge in [0, 0.05) is 17.6 Å². The first kappa shape index (κ1) is 29.5. The molecule has 11 heteroatoms. The quantitative estimate of drug-likeness (QED) is 0.232. The van der Waals surface area contributed by atoms with Gasteiger partial charge in [-0.3, -0.25) is 19.3 Å². The fourth-order valence-corrected chi connectivity index (χ4v) is 6.14. The van der Waals surface area contributed by atoms with Gasteiger partial charge in [-0.05, 0) is 77.7 Å². The number of rotatable bonds is 8. The molecule has 0 aliphatic carbocycles. The van der Waals surface area contributed by atoms with Gasteiger partial charge in [0.25, 0.3) is 11.1 Å². The summed E-state index contributed by atoms with van der Waals surface area (Å²) in [5.41, 5.74) is 3.76. The first-order chi connectivity index (χ1) is 19.7. The molecule has 5 rings (SSSR count). The molecule has 0 bridgehead atoms. The van der Waals surface area contributed by atoms with E-state index in [4.69, 9.17) is 32.7 Å². The summed E-state index contributed by atoms with van der Waals surface area (Å²) in [4.78, 5) is 41.9. The van der Waals surface area contributed by atoms with Crippen molar-refractivity contribution in [3.8, 4) is 11.5 Å². The van der Waals surface area contributed by atoms with Gasteiger partial charge < -0.3 is 14.4 Å². The van der Waals surface area contributed by atoms with Crippen molar-refractivity contribution in [1.29, 1.82) is 0 Å². The first-order valence-corrected chi connectivity index (χ1v) is 15.2. The van der Waals surface area contributed by atoms with Crippen LogP contribution in [-0.4, -0.2) is 46.5 Å². The standard InChI is InChI=1S/C30H25BrCl2N2O5S/c1-2-39-25-12-21(22(31)14-26(25)40-17-18-7-8-23(32)24(33)11-18)13-27-29(37)35(30(38)41-27)16-28(36)34-10-9-19-5-3-4-6-20(19)15-34/h3-8,11-14H,2,9-10,15-17H2,1H3/b27-13-. The van der Waals surface area contributed by atoms with Crippen LogP contribution in [0.2, 0.25) is 10.0 Å². The average Bonchev–Trinajstić information content (AvgIpc) is 3.22. The first-order valence-electron chi connectivity index (χ1n) is 12.9. The lowest BCUT2D eigenvalue weighted by molar-refractivity contribution is -0.136. The number of benzene rings is 3. The van der Waals surface area contributed by atoms with Gasteiger partial charge in [-0.15, -0.1) is 0 Å². The maximum absolute atomic E-state index is 13.2. The zero-order valence-electron chi connectivity index (χ0n) is 22.0. The van der Waals surface area contributed by atoms with E-state index in [0.29, 0.717) is 51.3 Å². The van der Waals surface area contributed by atoms with E-state index in [-0.39, 0.29) is 24.0 Å². The molecule has 2 aliphatic heterocycles. The summed E-state index contributed by atoms with van der Waals surface area (Å²) in [6.45, 7) is 3.20. The molecule has 0 atom stereocenters. The maximum atomic E-state index is 13.2. The number of fused-ring (bicyclic) bond motifs is 1. The van der Waals surface area contributed by atoms with Crippen LogP contribution in [-0.2, 0) is 29.2 Å². The third-order valence-electron chi connectivity index (χ3n) is 6.68. The van der Waals surface area contributed by atoms with Gasteiger partial charge in [0.1, 0.15) is 13.2 Å². The van der Waals surface area contributed by atoms with E-state index in [1.807, 2.05) is 31.2 Å². The SMILES string of the molecule is CCOc1cc(/C=C2\SC(=O)N(CC(=O)N3CCc4ccccc4C3)C2=O)c(Br)cc1OCc1ccc(Cl)c(Cl)c1. The average molecular weight is 676 g/mol. The second kappa shape index (κ2) is 12.9. The lowest BCUT2D eigenvalue weighted by Gasteiger charge is -2.29. The second-order valence-corrected chi connectivity index (χ2v) is 12.1. The van der Waals surface area contributed by atoms with E-state index in [2.05, 4.69) is 22.0 Å². The fourth-order valence-electron chi connectivity index (χ4n) is 4.55. The molecule has 2 aliphatic rings. The molecule has 3 amide bonds. The molecule has 2 heterocycles. The minimum Gasteiger partial charge on any atom is -0.490 e. The number of nitrogens with zero attached hydrogens (tertiary/aromatic N) is 2. The smallest absolute Gasteiger partial charge is 0.294 e. The van der Waals surface area contributed by atoms with Gasteiger partial charge in [0.05, 0.1) is 21.6 Å². The lowest BCUT2D eigenvalue weighted by atomic mass is 10.00. The minimum atomic E-state index is -0.504. The zero-order valence-corrected chi connectivity index (χ0v) is 25.9. The molecule has 1 fully saturated rings. The molecule has 1 saturated heterocycles. The van der Waals surface area contributed by atoms with Crippen LogP contribution in [0.4, 0.5) is 4.79 Å². The van der Waals surface area contributed by atoms with Gasteiger partial charge in [0.2, 0.25) is 5.91 Å². The Hall–Kier alpha value is -2.98. The second-order valence-electron chi connectivity index (χ2n) is 9.39. The van der Waals surface area contributed by atoms with Crippen molar-refractivity contribution in [2.75, 3.05) is 19.7 Å². The summed E-state index contributed by atoms with van der Waals surface area (Å²) in [6, 6.07) is 16.7. The molecule has 3 aromatic carbocycles. The van der Waals surface area contributed by atoms with Crippen molar-refractivity contribution < 1.29 is 23.9 Å². The number of imide groups is 1. The largest absolute Gasteiger partial charge is 0.490 e. The Kier molecular flexibility index (Phi) is 9.28. The van der Waals surface area contributed by atoms with Crippen LogP contribution in [0.3, 0.4) is 0 Å². The van der Waals surface area contributed by atoms with Crippen molar-refractivity contribution in [2.24, 2.45) is 0 Å². The van der Waals surface area contributed by atoms with Gasteiger partial charge in [-0.1, -0.05) is 69.5 Å². The molecular formula is C30H25BrCl2N2O5S. The van der Waals surface area contributed by atoms with Gasteiger partial charge in [0.15, 0.2) is 11.5 Å². The summed E-state index contributed by atoms with van der Waals surface area (Å²) < 4.78 is 12.4. The highest BCUT2D eigenvalue weighted by molar-refractivity contribution is 9.10. The highest BCUT2D eigenvalue weighted by Crippen LogP contribution is 2.39. The van der Waals surface area contributed by atoms with Crippen LogP contribution in [0, 0.1) is 0 Å². The van der Waals surface area contributed by atoms with Crippen LogP contribution >= 0.6 is 50.9 Å². The van der Waals surface area contributed by atoms with Crippen LogP contribution in [0.1, 0.15) is 29.2 Å². The number of carbonyl (C=O) groups excluding carboxylic acids is 3. The van der Waals surface area contributed by atoms with Gasteiger partial charge >= 0.3 is 0 Å². The summed E-state index contributed by atoms with van der Waals surface area (Å²) in [5.74, 6) is 0.201. The summed E-state index contributed by atoms with van der Waals surface area (Å²) in [6.07, 6.45) is 2.36. The van der Waals surface area contributed by atoms with Crippen LogP contribution in [0.15, 0.2) is 64.0 Å². The van der Waals surface area contributed by atoms with Gasteiger partial charge in [-0.25, -0.2) is 0 Å². The Labute approximate surface area is 260 Å². The number of amides is 3. The Morgan fingerprint density at radius 3 is 2.54 bits per heavy atom. The third-order valence-corrected chi connectivity index (χ3v) is 9.01. The molecule has 0 N–H and O–H groups in total. The fraction of sp³-hybridized carbons (Fsp3) is 0.233. The predicted octanol–water partition coefficient (Wildman–Crippen LogP) is 7.35. The number of ether oxygens (including phenoxy) is 2. The Morgan fingerprint density at radius 2 is 1.78 bits per heavy atom. The predicted molar refractivity (Wildman–Crippen MR) is 164 cm³/mol. The molecule has 0 aromatic heterocycles. The minimum absolute atomic E-state index is 0.222. The Morgan fingerprint density at radius 1 is 1.02 bits per heavy atom. The Balaban J connectivity index is 1.29. The van der Waals surface area contributed by atoms with E-state index >= 15 is 0 Å². The molecule has 0 spiro atoms. The number of hydrogen-bond acceptors (Lipinski definition) is 6. The lowest BCUT2D eigenvalue weighted by Crippen LogP contribution is -2.44. The molecule has 7 nitrogen and oxygen atoms in total. The normalized spacial score (nSPS) is 15.9. The summed E-state index contributed by atoms with van der Waals surface area (Å²) in [7, 11) is 0. The van der Waals surface area contributed by atoms with Crippen molar-refractivity contribution in [2.45, 2.75) is 26.5 Å². The van der Waals surface area contributed by atoms with E-state index in [1.165, 1.54) is 5.56 Å². The van der Waals surface area contributed by atoms with Crippen molar-refractivity contribution in [3.05, 3.63) is 96.3 Å². The van der Waals surface area contributed by atoms with E-state index in [1.54, 1.807) is 35.2 Å². The summed E-state index contributed by atoms with van der Waals surface area (Å²) in [5, 5.41) is 0.421. The zero-order chi connectivity index (χ0) is 29.1. The Bertz CT molecular complexity index is 1560. The molecule has 41 heavy (non-hydrogen) atoms. The van der Waals surface area contributed by atoms with Crippen LogP contribution < -0.4 is 9.47 Å². The molecule has 0 radical (unpaired) electrons. The maximum Gasteiger partial charge on any atom is 0.294 e. The van der Waals surface area contributed by atoms with E-state index in [0.717, 1.165) is 34.2 Å². The van der Waals surface area contributed by atoms with Gasteiger partial charge in [-0.2, -0.15) is 0 Å². The highest BCUT2D eigenvalue weighted by Gasteiger charge is 2.37. The number of thioether (sulfide) groups is 1. The molecule has 0 unspecified atom stereocenters. The monoisotopic (exact) mass is 674 g/mol. The number of hydrogen-bond donors (Lipinski definition) is 0. The van der Waals surface area contributed by atoms with E-state index < -0.39 is 11.1 Å². The summed E-state index contributed by atoms with van der Waals surface area (Å²) >= 11 is 16.5. The van der Waals surface area contributed by atoms with Crippen molar-refractivity contribution >= 4 is 74.0 Å². The molecule has 3 aromatic rings. The number of halogens is 3. The molecule has 0 saturated carbocycles. The van der Waals surface area contributed by atoms with Crippen molar-refractivity contribution in [3.63, 3.8) is 0 Å². The molecule has 212 valence electrons. The van der Waals surface area contributed by atoms with Crippen molar-refractivity contribution in [1.82, 2.24) is 9.80 Å². The highest BCUT2D eigenvalue weighted by atomic mass is 79.9. The molecular weight excluding hydrogens is 651 g/mol. The number of carbonyl (C=O) groups is 3. The van der Waals surface area contributed by atoms with E-state index in [9.17, 15) is 14.4 Å². The van der Waals surface area contributed by atoms with Crippen LogP contribution in [0.25, 0.3) is 6.08 Å². The van der Waals surface area contributed by atoms with Crippen LogP contribution in [0.5, 0.6) is 11.5 Å². The topological polar surface area (TPSA) is 76.2 Å².